The third-order valence-electron chi connectivity index (χ3n) is 4.30. The summed E-state index contributed by atoms with van der Waals surface area (Å²) in [6.07, 6.45) is 1.42. The van der Waals surface area contributed by atoms with Crippen LogP contribution < -0.4 is 10.9 Å². The molecule has 0 aliphatic carbocycles. The minimum Gasteiger partial charge on any atom is -0.360 e. The van der Waals surface area contributed by atoms with Crippen LogP contribution in [0.5, 0.6) is 0 Å². The van der Waals surface area contributed by atoms with Gasteiger partial charge in [0, 0.05) is 32.9 Å². The van der Waals surface area contributed by atoms with Crippen LogP contribution in [0.4, 0.5) is 5.69 Å². The molecule has 9 heteroatoms. The fourth-order valence-electron chi connectivity index (χ4n) is 2.84. The summed E-state index contributed by atoms with van der Waals surface area (Å²) >= 11 is 6.23. The van der Waals surface area contributed by atoms with Gasteiger partial charge in [-0.25, -0.2) is 0 Å². The number of nitrogens with one attached hydrogen (secondary N) is 1. The van der Waals surface area contributed by atoms with Crippen molar-refractivity contribution >= 4 is 29.1 Å². The van der Waals surface area contributed by atoms with Crippen LogP contribution >= 0.6 is 11.6 Å². The van der Waals surface area contributed by atoms with E-state index in [9.17, 15) is 14.4 Å². The van der Waals surface area contributed by atoms with Gasteiger partial charge < -0.3 is 19.3 Å². The van der Waals surface area contributed by atoms with E-state index in [2.05, 4.69) is 10.5 Å². The number of carbonyl (C=O) groups excluding carboxylic acids is 2. The second-order valence-corrected chi connectivity index (χ2v) is 7.06. The van der Waals surface area contributed by atoms with Crippen molar-refractivity contribution in [1.82, 2.24) is 14.6 Å². The lowest BCUT2D eigenvalue weighted by Gasteiger charge is -2.13. The largest absolute Gasteiger partial charge is 0.360 e. The van der Waals surface area contributed by atoms with Gasteiger partial charge >= 0.3 is 0 Å². The van der Waals surface area contributed by atoms with Gasteiger partial charge in [-0.15, -0.1) is 0 Å². The zero-order valence-corrected chi connectivity index (χ0v) is 17.1. The van der Waals surface area contributed by atoms with Crippen LogP contribution in [0.15, 0.2) is 45.8 Å². The third kappa shape index (κ3) is 3.93. The van der Waals surface area contributed by atoms with Crippen LogP contribution in [0.3, 0.4) is 0 Å². The highest BCUT2D eigenvalue weighted by atomic mass is 35.5. The third-order valence-corrected chi connectivity index (χ3v) is 4.63. The summed E-state index contributed by atoms with van der Waals surface area (Å²) in [4.78, 5) is 39.1. The molecular formula is C20H19ClN4O4. The molecule has 29 heavy (non-hydrogen) atoms. The molecule has 0 aliphatic heterocycles. The van der Waals surface area contributed by atoms with Crippen LogP contribution in [0.1, 0.15) is 26.5 Å². The fraction of sp³-hybridized carbons (Fsp3) is 0.200. The number of amides is 2. The number of aryl methyl sites for hydroxylation is 2. The van der Waals surface area contributed by atoms with Gasteiger partial charge in [-0.1, -0.05) is 35.0 Å². The molecule has 0 aliphatic rings. The maximum Gasteiger partial charge on any atom is 0.274 e. The van der Waals surface area contributed by atoms with Crippen LogP contribution in [-0.4, -0.2) is 40.5 Å². The summed E-state index contributed by atoms with van der Waals surface area (Å²) in [6, 6.07) is 8.26. The van der Waals surface area contributed by atoms with Crippen LogP contribution in [0, 0.1) is 6.92 Å². The summed E-state index contributed by atoms with van der Waals surface area (Å²) < 4.78 is 6.44. The topological polar surface area (TPSA) is 97.4 Å². The molecule has 0 radical (unpaired) electrons. The molecule has 3 aromatic rings. The van der Waals surface area contributed by atoms with Crippen molar-refractivity contribution in [2.45, 2.75) is 6.92 Å². The number of halogens is 1. The Bertz CT molecular complexity index is 1160. The number of hydrogen-bond acceptors (Lipinski definition) is 5. The number of rotatable bonds is 4. The summed E-state index contributed by atoms with van der Waals surface area (Å²) in [5.41, 5.74) is 0.728. The van der Waals surface area contributed by atoms with Gasteiger partial charge in [-0.2, -0.15) is 0 Å². The Morgan fingerprint density at radius 1 is 1.24 bits per heavy atom. The minimum atomic E-state index is -0.592. The van der Waals surface area contributed by atoms with Crippen LogP contribution in [0.25, 0.3) is 11.3 Å². The lowest BCUT2D eigenvalue weighted by molar-refractivity contribution is 0.0826. The van der Waals surface area contributed by atoms with E-state index in [1.54, 1.807) is 45.3 Å². The zero-order valence-electron chi connectivity index (χ0n) is 16.3. The van der Waals surface area contributed by atoms with Crippen molar-refractivity contribution in [3.63, 3.8) is 0 Å². The van der Waals surface area contributed by atoms with E-state index in [1.807, 2.05) is 0 Å². The molecule has 2 aromatic heterocycles. The van der Waals surface area contributed by atoms with Gasteiger partial charge in [-0.05, 0) is 19.1 Å². The van der Waals surface area contributed by atoms with Gasteiger partial charge in [0.1, 0.15) is 22.7 Å². The molecule has 0 bridgehead atoms. The number of aromatic nitrogens is 2. The molecule has 0 unspecified atom stereocenters. The van der Waals surface area contributed by atoms with Crippen LogP contribution in [0.2, 0.25) is 5.02 Å². The SMILES string of the molecule is Cc1onc(-c2ccccc2Cl)c1C(=O)Nc1cc(C(=O)N(C)C)cn(C)c1=O. The molecule has 2 amide bonds. The number of pyridine rings is 1. The zero-order chi connectivity index (χ0) is 21.3. The number of anilines is 1. The average molecular weight is 415 g/mol. The van der Waals surface area contributed by atoms with Gasteiger partial charge in [0.25, 0.3) is 17.4 Å². The van der Waals surface area contributed by atoms with Crippen molar-refractivity contribution in [3.8, 4) is 11.3 Å². The standard InChI is InChI=1S/C20H19ClN4O4/c1-11-16(17(23-29-11)13-7-5-6-8-14(13)21)18(26)22-15-9-12(19(27)24(2)3)10-25(4)20(15)28/h5-10H,1-4H3,(H,22,26). The Kier molecular flexibility index (Phi) is 5.56. The van der Waals surface area contributed by atoms with Crippen molar-refractivity contribution in [2.75, 3.05) is 19.4 Å². The monoisotopic (exact) mass is 414 g/mol. The number of carbonyl (C=O) groups is 2. The summed E-state index contributed by atoms with van der Waals surface area (Å²) in [6.45, 7) is 1.59. The molecule has 8 nitrogen and oxygen atoms in total. The molecule has 1 aromatic carbocycles. The quantitative estimate of drug-likeness (QED) is 0.707. The van der Waals surface area contributed by atoms with E-state index in [1.165, 1.54) is 28.8 Å². The fourth-order valence-corrected chi connectivity index (χ4v) is 3.06. The highest BCUT2D eigenvalue weighted by Crippen LogP contribution is 2.31. The molecule has 0 saturated carbocycles. The lowest BCUT2D eigenvalue weighted by Crippen LogP contribution is -2.28. The maximum atomic E-state index is 13.0. The molecule has 0 saturated heterocycles. The molecular weight excluding hydrogens is 396 g/mol. The normalized spacial score (nSPS) is 10.7. The van der Waals surface area contributed by atoms with Gasteiger partial charge in [-0.3, -0.25) is 14.4 Å². The summed E-state index contributed by atoms with van der Waals surface area (Å²) in [5, 5.41) is 6.93. The molecule has 150 valence electrons. The summed E-state index contributed by atoms with van der Waals surface area (Å²) in [5.74, 6) is -0.617. The molecule has 2 heterocycles. The Morgan fingerprint density at radius 2 is 1.93 bits per heavy atom. The molecule has 0 spiro atoms. The molecule has 0 atom stereocenters. The predicted octanol–water partition coefficient (Wildman–Crippen LogP) is 2.96. The van der Waals surface area contributed by atoms with E-state index in [0.717, 1.165) is 0 Å². The second kappa shape index (κ2) is 7.92. The smallest absolute Gasteiger partial charge is 0.274 e. The van der Waals surface area contributed by atoms with Crippen molar-refractivity contribution in [2.24, 2.45) is 7.05 Å². The van der Waals surface area contributed by atoms with Gasteiger partial charge in [0.05, 0.1) is 10.6 Å². The Labute approximate surface area is 171 Å². The first kappa shape index (κ1) is 20.3. The Balaban J connectivity index is 2.03. The van der Waals surface area contributed by atoms with Crippen molar-refractivity contribution in [3.05, 3.63) is 68.8 Å². The van der Waals surface area contributed by atoms with E-state index in [-0.39, 0.29) is 34.2 Å². The van der Waals surface area contributed by atoms with Crippen LogP contribution in [-0.2, 0) is 7.05 Å². The number of benzene rings is 1. The highest BCUT2D eigenvalue weighted by Gasteiger charge is 2.24. The average Bonchev–Trinajstić information content (AvgIpc) is 3.06. The molecule has 1 N–H and O–H groups in total. The van der Waals surface area contributed by atoms with Crippen molar-refractivity contribution < 1.29 is 14.1 Å². The summed E-state index contributed by atoms with van der Waals surface area (Å²) in [7, 11) is 4.70. The Morgan fingerprint density at radius 3 is 2.59 bits per heavy atom. The highest BCUT2D eigenvalue weighted by molar-refractivity contribution is 6.33. The molecule has 0 fully saturated rings. The first-order valence-corrected chi connectivity index (χ1v) is 9.03. The predicted molar refractivity (Wildman–Crippen MR) is 109 cm³/mol. The number of hydrogen-bond donors (Lipinski definition) is 1. The second-order valence-electron chi connectivity index (χ2n) is 6.65. The number of nitrogens with zero attached hydrogens (tertiary/aromatic N) is 3. The van der Waals surface area contributed by atoms with E-state index in [4.69, 9.17) is 16.1 Å². The first-order chi connectivity index (χ1) is 13.7. The minimum absolute atomic E-state index is 0.0316. The lowest BCUT2D eigenvalue weighted by atomic mass is 10.1. The van der Waals surface area contributed by atoms with Gasteiger partial charge in [0.15, 0.2) is 0 Å². The van der Waals surface area contributed by atoms with E-state index in [0.29, 0.717) is 10.6 Å². The maximum absolute atomic E-state index is 13.0. The Hall–Kier alpha value is -3.39. The van der Waals surface area contributed by atoms with Gasteiger partial charge in [0.2, 0.25) is 0 Å². The first-order valence-electron chi connectivity index (χ1n) is 8.65. The molecule has 3 rings (SSSR count). The van der Waals surface area contributed by atoms with E-state index >= 15 is 0 Å². The van der Waals surface area contributed by atoms with Crippen molar-refractivity contribution in [1.29, 1.82) is 0 Å². The van der Waals surface area contributed by atoms with E-state index < -0.39 is 11.5 Å².